The van der Waals surface area contributed by atoms with Crippen molar-refractivity contribution in [2.75, 3.05) is 5.32 Å². The third kappa shape index (κ3) is 3.17. The smallest absolute Gasteiger partial charge is 0.263 e. The fraction of sp³-hybridized carbons (Fsp3) is 0.190. The number of carbonyl (C=O) groups is 1. The molecule has 3 aromatic heterocycles. The summed E-state index contributed by atoms with van der Waals surface area (Å²) in [5.74, 6) is -0.153. The van der Waals surface area contributed by atoms with E-state index in [1.54, 1.807) is 14.0 Å². The van der Waals surface area contributed by atoms with Crippen molar-refractivity contribution in [3.63, 3.8) is 0 Å². The Morgan fingerprint density at radius 1 is 1.30 bits per heavy atom. The predicted molar refractivity (Wildman–Crippen MR) is 115 cm³/mol. The van der Waals surface area contributed by atoms with Crippen LogP contribution in [0.25, 0.3) is 21.3 Å². The molecule has 4 rings (SSSR count). The summed E-state index contributed by atoms with van der Waals surface area (Å²) < 4.78 is 2.72. The Balaban J connectivity index is 1.77. The van der Waals surface area contributed by atoms with Gasteiger partial charge in [0.1, 0.15) is 28.3 Å². The summed E-state index contributed by atoms with van der Waals surface area (Å²) in [6.45, 7) is 3.58. The summed E-state index contributed by atoms with van der Waals surface area (Å²) in [5, 5.41) is 16.4. The zero-order valence-electron chi connectivity index (χ0n) is 16.6. The van der Waals surface area contributed by atoms with Gasteiger partial charge < -0.3 is 5.32 Å². The molecule has 30 heavy (non-hydrogen) atoms. The summed E-state index contributed by atoms with van der Waals surface area (Å²) >= 11 is 1.45. The lowest BCUT2D eigenvalue weighted by molar-refractivity contribution is -0.118. The van der Waals surface area contributed by atoms with E-state index in [0.717, 1.165) is 16.0 Å². The normalized spacial score (nSPS) is 11.9. The maximum absolute atomic E-state index is 13.4. The largest absolute Gasteiger partial charge is 0.308 e. The molecule has 0 aliphatic rings. The highest BCUT2D eigenvalue weighted by Gasteiger charge is 2.23. The maximum Gasteiger partial charge on any atom is 0.263 e. The standard InChI is InChI=1S/C21H18N6O2S/c1-12(19(28)25-18-15(9-22)10-24-26(18)3)27-11-23-20-17(21(27)29)16(13(2)30-20)14-7-5-4-6-8-14/h4-8,10-12H,1-3H3,(H,25,28). The first-order valence-electron chi connectivity index (χ1n) is 9.21. The van der Waals surface area contributed by atoms with Crippen LogP contribution in [0.2, 0.25) is 0 Å². The minimum Gasteiger partial charge on any atom is -0.308 e. The molecule has 0 fully saturated rings. The minimum absolute atomic E-state index is 0.249. The molecule has 1 amide bonds. The first-order chi connectivity index (χ1) is 14.4. The number of nitriles is 1. The fourth-order valence-electron chi connectivity index (χ4n) is 3.36. The van der Waals surface area contributed by atoms with Gasteiger partial charge in [0.15, 0.2) is 0 Å². The van der Waals surface area contributed by atoms with Crippen LogP contribution in [0.15, 0.2) is 47.7 Å². The van der Waals surface area contributed by atoms with E-state index in [1.165, 1.54) is 33.1 Å². The van der Waals surface area contributed by atoms with E-state index in [1.807, 2.05) is 43.3 Å². The van der Waals surface area contributed by atoms with Gasteiger partial charge in [0.05, 0.1) is 17.9 Å². The molecule has 150 valence electrons. The van der Waals surface area contributed by atoms with E-state index in [-0.39, 0.29) is 16.9 Å². The van der Waals surface area contributed by atoms with Gasteiger partial charge >= 0.3 is 0 Å². The summed E-state index contributed by atoms with van der Waals surface area (Å²) in [7, 11) is 1.63. The number of hydrogen-bond acceptors (Lipinski definition) is 6. The van der Waals surface area contributed by atoms with Crippen LogP contribution < -0.4 is 10.9 Å². The van der Waals surface area contributed by atoms with Crippen molar-refractivity contribution in [2.24, 2.45) is 7.05 Å². The van der Waals surface area contributed by atoms with Gasteiger partial charge in [0.2, 0.25) is 5.91 Å². The Bertz CT molecular complexity index is 1360. The second kappa shape index (κ2) is 7.57. The van der Waals surface area contributed by atoms with Crippen molar-refractivity contribution in [3.8, 4) is 17.2 Å². The van der Waals surface area contributed by atoms with E-state index < -0.39 is 11.9 Å². The maximum atomic E-state index is 13.4. The molecule has 1 atom stereocenters. The Kier molecular flexibility index (Phi) is 4.93. The second-order valence-electron chi connectivity index (χ2n) is 6.84. The van der Waals surface area contributed by atoms with Crippen molar-refractivity contribution in [2.45, 2.75) is 19.9 Å². The number of nitrogens with one attached hydrogen (secondary N) is 1. The molecule has 0 radical (unpaired) electrons. The molecular formula is C21H18N6O2S. The number of hydrogen-bond donors (Lipinski definition) is 1. The van der Waals surface area contributed by atoms with Crippen LogP contribution in [0, 0.1) is 18.3 Å². The van der Waals surface area contributed by atoms with Crippen molar-refractivity contribution in [3.05, 3.63) is 63.7 Å². The molecule has 0 saturated carbocycles. The second-order valence-corrected chi connectivity index (χ2v) is 8.05. The van der Waals surface area contributed by atoms with Crippen molar-refractivity contribution < 1.29 is 4.79 Å². The first-order valence-corrected chi connectivity index (χ1v) is 10.0. The number of rotatable bonds is 4. The number of carbonyl (C=O) groups excluding carboxylic acids is 1. The number of benzene rings is 1. The molecule has 0 bridgehead atoms. The zero-order valence-corrected chi connectivity index (χ0v) is 17.4. The molecule has 0 aliphatic carbocycles. The number of nitrogens with zero attached hydrogens (tertiary/aromatic N) is 5. The van der Waals surface area contributed by atoms with Gasteiger partial charge in [-0.25, -0.2) is 4.98 Å². The van der Waals surface area contributed by atoms with Crippen LogP contribution in [-0.2, 0) is 11.8 Å². The summed E-state index contributed by atoms with van der Waals surface area (Å²) in [6.07, 6.45) is 2.77. The molecule has 0 aliphatic heterocycles. The highest BCUT2D eigenvalue weighted by atomic mass is 32.1. The highest BCUT2D eigenvalue weighted by Crippen LogP contribution is 2.35. The fourth-order valence-corrected chi connectivity index (χ4v) is 4.36. The first kappa shape index (κ1) is 19.5. The number of aromatic nitrogens is 4. The quantitative estimate of drug-likeness (QED) is 0.548. The predicted octanol–water partition coefficient (Wildman–Crippen LogP) is 3.24. The zero-order chi connectivity index (χ0) is 21.4. The van der Waals surface area contributed by atoms with Crippen LogP contribution in [0.3, 0.4) is 0 Å². The van der Waals surface area contributed by atoms with E-state index in [0.29, 0.717) is 10.2 Å². The summed E-state index contributed by atoms with van der Waals surface area (Å²) in [5.41, 5.74) is 1.74. The van der Waals surface area contributed by atoms with E-state index in [4.69, 9.17) is 0 Å². The monoisotopic (exact) mass is 418 g/mol. The summed E-state index contributed by atoms with van der Waals surface area (Å²) in [6, 6.07) is 10.8. The van der Waals surface area contributed by atoms with Crippen molar-refractivity contribution in [1.29, 1.82) is 5.26 Å². The van der Waals surface area contributed by atoms with Gasteiger partial charge in [0.25, 0.3) is 5.56 Å². The highest BCUT2D eigenvalue weighted by molar-refractivity contribution is 7.19. The van der Waals surface area contributed by atoms with Gasteiger partial charge in [-0.15, -0.1) is 11.3 Å². The molecule has 1 unspecified atom stereocenters. The van der Waals surface area contributed by atoms with Crippen molar-refractivity contribution >= 4 is 33.3 Å². The molecule has 3 heterocycles. The Morgan fingerprint density at radius 3 is 2.73 bits per heavy atom. The number of fused-ring (bicyclic) bond motifs is 1. The number of thiophene rings is 1. The third-order valence-corrected chi connectivity index (χ3v) is 5.99. The lowest BCUT2D eigenvalue weighted by Crippen LogP contribution is -2.32. The molecule has 1 aromatic carbocycles. The molecule has 8 nitrogen and oxygen atoms in total. The Labute approximate surface area is 176 Å². The van der Waals surface area contributed by atoms with Crippen LogP contribution >= 0.6 is 11.3 Å². The molecule has 0 saturated heterocycles. The van der Waals surface area contributed by atoms with Crippen molar-refractivity contribution in [1.82, 2.24) is 19.3 Å². The lowest BCUT2D eigenvalue weighted by atomic mass is 10.0. The van der Waals surface area contributed by atoms with Gasteiger partial charge in [-0.2, -0.15) is 10.4 Å². The number of amides is 1. The van der Waals surface area contributed by atoms with Gasteiger partial charge in [-0.05, 0) is 19.4 Å². The Morgan fingerprint density at radius 2 is 2.03 bits per heavy atom. The van der Waals surface area contributed by atoms with Crippen LogP contribution in [0.1, 0.15) is 23.4 Å². The Hall–Kier alpha value is -3.77. The number of aryl methyl sites for hydroxylation is 2. The lowest BCUT2D eigenvalue weighted by Gasteiger charge is -2.15. The average Bonchev–Trinajstić information content (AvgIpc) is 3.27. The summed E-state index contributed by atoms with van der Waals surface area (Å²) in [4.78, 5) is 32.2. The van der Waals surface area contributed by atoms with E-state index in [9.17, 15) is 14.9 Å². The third-order valence-electron chi connectivity index (χ3n) is 4.97. The van der Waals surface area contributed by atoms with Gasteiger partial charge in [-0.1, -0.05) is 30.3 Å². The molecule has 9 heteroatoms. The van der Waals surface area contributed by atoms with Gasteiger partial charge in [0, 0.05) is 17.5 Å². The van der Waals surface area contributed by atoms with E-state index in [2.05, 4.69) is 15.4 Å². The van der Waals surface area contributed by atoms with Crippen LogP contribution in [-0.4, -0.2) is 25.2 Å². The molecular weight excluding hydrogens is 400 g/mol. The minimum atomic E-state index is -0.834. The topological polar surface area (TPSA) is 106 Å². The SMILES string of the molecule is Cc1sc2ncn(C(C)C(=O)Nc3c(C#N)cnn3C)c(=O)c2c1-c1ccccc1. The van der Waals surface area contributed by atoms with E-state index >= 15 is 0 Å². The van der Waals surface area contributed by atoms with Crippen LogP contribution in [0.5, 0.6) is 0 Å². The molecule has 4 aromatic rings. The average molecular weight is 418 g/mol. The van der Waals surface area contributed by atoms with Crippen LogP contribution in [0.4, 0.5) is 5.82 Å². The molecule has 1 N–H and O–H groups in total. The van der Waals surface area contributed by atoms with Gasteiger partial charge in [-0.3, -0.25) is 18.8 Å². The number of anilines is 1. The molecule has 0 spiro atoms.